The number of aromatic hydroxyl groups is 1. The summed E-state index contributed by atoms with van der Waals surface area (Å²) in [6.45, 7) is 9.86. The highest BCUT2D eigenvalue weighted by Gasteiger charge is 2.28. The van der Waals surface area contributed by atoms with Crippen LogP contribution in [-0.2, 0) is 11.3 Å². The number of thiazole rings is 1. The minimum Gasteiger partial charge on any atom is -0.508 e. The molecular formula is C24H30N6O3S. The average Bonchev–Trinajstić information content (AvgIpc) is 3.43. The fraction of sp³-hybridized carbons (Fsp3) is 0.417. The zero-order chi connectivity index (χ0) is 24.5. The van der Waals surface area contributed by atoms with Crippen molar-refractivity contribution in [3.8, 4) is 5.75 Å². The number of aromatic nitrogens is 3. The lowest BCUT2D eigenvalue weighted by Gasteiger charge is -2.36. The SMILES string of the molecule is Cc1ccc(O)c(C)c1NC(=O)c1cnc(Nc2ccn(CC(=O)N3CCC(C)(C)CC3)n2)s1. The maximum absolute atomic E-state index is 12.7. The topological polar surface area (TPSA) is 112 Å². The highest BCUT2D eigenvalue weighted by molar-refractivity contribution is 7.17. The number of likely N-dealkylation sites (tertiary alicyclic amines) is 1. The van der Waals surface area contributed by atoms with Gasteiger partial charge in [0.1, 0.15) is 17.2 Å². The first-order valence-corrected chi connectivity index (χ1v) is 12.1. The van der Waals surface area contributed by atoms with Crippen molar-refractivity contribution in [1.29, 1.82) is 0 Å². The Morgan fingerprint density at radius 1 is 1.18 bits per heavy atom. The van der Waals surface area contributed by atoms with Gasteiger partial charge in [0.15, 0.2) is 10.9 Å². The van der Waals surface area contributed by atoms with Crippen LogP contribution in [0.1, 0.15) is 47.5 Å². The Labute approximate surface area is 202 Å². The lowest BCUT2D eigenvalue weighted by atomic mass is 9.83. The molecule has 0 radical (unpaired) electrons. The third-order valence-electron chi connectivity index (χ3n) is 6.26. The lowest BCUT2D eigenvalue weighted by molar-refractivity contribution is -0.134. The Hall–Kier alpha value is -3.40. The average molecular weight is 483 g/mol. The quantitative estimate of drug-likeness (QED) is 0.483. The van der Waals surface area contributed by atoms with E-state index in [0.717, 1.165) is 31.5 Å². The number of phenols is 1. The zero-order valence-electron chi connectivity index (χ0n) is 19.9. The van der Waals surface area contributed by atoms with Gasteiger partial charge in [-0.2, -0.15) is 5.10 Å². The number of benzene rings is 1. The summed E-state index contributed by atoms with van der Waals surface area (Å²) in [5, 5.41) is 20.8. The van der Waals surface area contributed by atoms with E-state index in [4.69, 9.17) is 0 Å². The monoisotopic (exact) mass is 482 g/mol. The molecule has 1 aromatic carbocycles. The minimum absolute atomic E-state index is 0.0656. The van der Waals surface area contributed by atoms with Crippen LogP contribution in [0.5, 0.6) is 5.75 Å². The first-order chi connectivity index (χ1) is 16.1. The standard InChI is InChI=1S/C24H30N6O3S/c1-15-5-6-17(31)16(2)21(15)27-22(33)18-13-25-23(34-18)26-19-7-10-30(28-19)14-20(32)29-11-8-24(3,4)9-12-29/h5-7,10,13,31H,8-9,11-12,14H2,1-4H3,(H,27,33)(H,25,26,28). The number of phenolic OH excluding ortho intramolecular Hbond substituents is 1. The summed E-state index contributed by atoms with van der Waals surface area (Å²) < 4.78 is 1.61. The van der Waals surface area contributed by atoms with Gasteiger partial charge in [-0.05, 0) is 43.7 Å². The summed E-state index contributed by atoms with van der Waals surface area (Å²) in [5.41, 5.74) is 2.36. The van der Waals surface area contributed by atoms with Crippen LogP contribution in [0.3, 0.4) is 0 Å². The molecule has 1 fully saturated rings. The summed E-state index contributed by atoms with van der Waals surface area (Å²) in [6.07, 6.45) is 5.27. The molecule has 4 rings (SSSR count). The molecule has 3 N–H and O–H groups in total. The van der Waals surface area contributed by atoms with E-state index in [2.05, 4.69) is 34.6 Å². The van der Waals surface area contributed by atoms with E-state index in [9.17, 15) is 14.7 Å². The molecule has 9 nitrogen and oxygen atoms in total. The Bertz CT molecular complexity index is 1210. The Kier molecular flexibility index (Phi) is 6.60. The third-order valence-corrected chi connectivity index (χ3v) is 7.17. The largest absolute Gasteiger partial charge is 0.508 e. The van der Waals surface area contributed by atoms with Gasteiger partial charge in [-0.3, -0.25) is 14.3 Å². The molecule has 0 aliphatic carbocycles. The van der Waals surface area contributed by atoms with Crippen molar-refractivity contribution in [2.24, 2.45) is 5.41 Å². The van der Waals surface area contributed by atoms with Gasteiger partial charge in [0.2, 0.25) is 5.91 Å². The van der Waals surface area contributed by atoms with Crippen LogP contribution < -0.4 is 10.6 Å². The van der Waals surface area contributed by atoms with Gasteiger partial charge in [0.05, 0.1) is 11.9 Å². The van der Waals surface area contributed by atoms with E-state index < -0.39 is 0 Å². The number of nitrogens with zero attached hydrogens (tertiary/aromatic N) is 4. The van der Waals surface area contributed by atoms with Crippen LogP contribution in [0.4, 0.5) is 16.6 Å². The predicted octanol–water partition coefficient (Wildman–Crippen LogP) is 4.31. The van der Waals surface area contributed by atoms with E-state index >= 15 is 0 Å². The number of amides is 2. The Morgan fingerprint density at radius 3 is 2.65 bits per heavy atom. The van der Waals surface area contributed by atoms with Crippen molar-refractivity contribution in [3.05, 3.63) is 46.6 Å². The number of anilines is 3. The summed E-state index contributed by atoms with van der Waals surface area (Å²) in [5.74, 6) is 0.443. The molecule has 180 valence electrons. The normalized spacial score (nSPS) is 15.2. The summed E-state index contributed by atoms with van der Waals surface area (Å²) in [7, 11) is 0. The smallest absolute Gasteiger partial charge is 0.267 e. The first kappa shape index (κ1) is 23.7. The second kappa shape index (κ2) is 9.46. The van der Waals surface area contributed by atoms with Crippen LogP contribution in [0.15, 0.2) is 30.6 Å². The fourth-order valence-corrected chi connectivity index (χ4v) is 4.58. The van der Waals surface area contributed by atoms with Crippen LogP contribution in [0.2, 0.25) is 0 Å². The highest BCUT2D eigenvalue weighted by Crippen LogP contribution is 2.31. The van der Waals surface area contributed by atoms with Crippen molar-refractivity contribution in [2.75, 3.05) is 23.7 Å². The van der Waals surface area contributed by atoms with Crippen molar-refractivity contribution in [3.63, 3.8) is 0 Å². The van der Waals surface area contributed by atoms with Crippen LogP contribution in [0.25, 0.3) is 0 Å². The van der Waals surface area contributed by atoms with Crippen LogP contribution >= 0.6 is 11.3 Å². The molecule has 3 aromatic rings. The van der Waals surface area contributed by atoms with Gasteiger partial charge in [-0.15, -0.1) is 0 Å². The van der Waals surface area contributed by atoms with E-state index in [1.807, 2.05) is 11.8 Å². The number of rotatable bonds is 6. The molecule has 1 saturated heterocycles. The molecule has 3 heterocycles. The number of aryl methyl sites for hydroxylation is 1. The number of hydrogen-bond donors (Lipinski definition) is 3. The Morgan fingerprint density at radius 2 is 1.91 bits per heavy atom. The molecule has 0 saturated carbocycles. The van der Waals surface area contributed by atoms with E-state index in [-0.39, 0.29) is 24.1 Å². The number of nitrogens with one attached hydrogen (secondary N) is 2. The van der Waals surface area contributed by atoms with Gasteiger partial charge >= 0.3 is 0 Å². The second-order valence-electron chi connectivity index (χ2n) is 9.45. The molecule has 2 amide bonds. The highest BCUT2D eigenvalue weighted by atomic mass is 32.1. The molecule has 34 heavy (non-hydrogen) atoms. The molecule has 0 unspecified atom stereocenters. The molecule has 0 bridgehead atoms. The van der Waals surface area contributed by atoms with Crippen molar-refractivity contribution in [1.82, 2.24) is 19.7 Å². The predicted molar refractivity (Wildman–Crippen MR) is 133 cm³/mol. The van der Waals surface area contributed by atoms with E-state index in [1.165, 1.54) is 17.5 Å². The molecule has 2 aromatic heterocycles. The van der Waals surface area contributed by atoms with E-state index in [1.54, 1.807) is 36.0 Å². The maximum atomic E-state index is 12.7. The molecule has 0 atom stereocenters. The van der Waals surface area contributed by atoms with Crippen molar-refractivity contribution >= 4 is 39.8 Å². The van der Waals surface area contributed by atoms with Crippen LogP contribution in [0, 0.1) is 19.3 Å². The van der Waals surface area contributed by atoms with Crippen molar-refractivity contribution in [2.45, 2.75) is 47.1 Å². The van der Waals surface area contributed by atoms with Gasteiger partial charge in [-0.25, -0.2) is 4.98 Å². The van der Waals surface area contributed by atoms with E-state index in [0.29, 0.717) is 32.5 Å². The van der Waals surface area contributed by atoms with Gasteiger partial charge < -0.3 is 20.6 Å². The molecule has 1 aliphatic heterocycles. The third kappa shape index (κ3) is 5.39. The van der Waals surface area contributed by atoms with Crippen LogP contribution in [-0.4, -0.2) is 49.7 Å². The number of carbonyl (C=O) groups excluding carboxylic acids is 2. The number of hydrogen-bond acceptors (Lipinski definition) is 7. The van der Waals surface area contributed by atoms with Crippen molar-refractivity contribution < 1.29 is 14.7 Å². The van der Waals surface area contributed by atoms with Gasteiger partial charge in [-0.1, -0.05) is 31.3 Å². The maximum Gasteiger partial charge on any atom is 0.267 e. The fourth-order valence-electron chi connectivity index (χ4n) is 3.87. The summed E-state index contributed by atoms with van der Waals surface area (Å²) in [4.78, 5) is 31.9. The van der Waals surface area contributed by atoms with Gasteiger partial charge in [0, 0.05) is 30.9 Å². The lowest BCUT2D eigenvalue weighted by Crippen LogP contribution is -2.42. The molecule has 1 aliphatic rings. The zero-order valence-corrected chi connectivity index (χ0v) is 20.7. The second-order valence-corrected chi connectivity index (χ2v) is 10.5. The minimum atomic E-state index is -0.303. The molecule has 0 spiro atoms. The molecular weight excluding hydrogens is 452 g/mol. The summed E-state index contributed by atoms with van der Waals surface area (Å²) in [6, 6.07) is 5.13. The van der Waals surface area contributed by atoms with Gasteiger partial charge in [0.25, 0.3) is 5.91 Å². The summed E-state index contributed by atoms with van der Waals surface area (Å²) >= 11 is 1.20. The number of carbonyl (C=O) groups is 2. The number of piperidine rings is 1. The molecule has 10 heteroatoms. The first-order valence-electron chi connectivity index (χ1n) is 11.3. The Balaban J connectivity index is 1.35.